The Bertz CT molecular complexity index is 351. The minimum absolute atomic E-state index is 0.00519. The molecular formula is C11H14BrNO. The molecule has 0 heterocycles. The Balaban J connectivity index is 2.41. The summed E-state index contributed by atoms with van der Waals surface area (Å²) in [5.41, 5.74) is 9.62. The topological polar surface area (TPSA) is 46.2 Å². The van der Waals surface area contributed by atoms with Crippen molar-refractivity contribution in [3.05, 3.63) is 33.3 Å². The van der Waals surface area contributed by atoms with E-state index in [1.165, 1.54) is 17.5 Å². The largest absolute Gasteiger partial charge is 0.394 e. The molecule has 0 spiro atoms. The lowest BCUT2D eigenvalue weighted by molar-refractivity contribution is 0.268. The molecule has 0 saturated heterocycles. The van der Waals surface area contributed by atoms with Crippen LogP contribution < -0.4 is 5.73 Å². The molecule has 1 unspecified atom stereocenters. The van der Waals surface area contributed by atoms with Crippen LogP contribution in [0.5, 0.6) is 0 Å². The van der Waals surface area contributed by atoms with E-state index in [1.54, 1.807) is 0 Å². The number of aliphatic hydroxyl groups is 1. The van der Waals surface area contributed by atoms with Crippen LogP contribution >= 0.6 is 15.9 Å². The second-order valence-corrected chi connectivity index (χ2v) is 4.64. The van der Waals surface area contributed by atoms with Crippen LogP contribution in [0.4, 0.5) is 0 Å². The number of benzene rings is 1. The maximum absolute atomic E-state index is 8.99. The number of rotatable bonds is 2. The molecule has 1 aliphatic carbocycles. The molecule has 0 fully saturated rings. The summed E-state index contributed by atoms with van der Waals surface area (Å²) in [6, 6.07) is 3.91. The quantitative estimate of drug-likeness (QED) is 0.849. The number of hydrogen-bond acceptors (Lipinski definition) is 2. The number of fused-ring (bicyclic) bond motifs is 1. The van der Waals surface area contributed by atoms with Crippen LogP contribution in [0.15, 0.2) is 16.6 Å². The predicted molar refractivity (Wildman–Crippen MR) is 60.2 cm³/mol. The SMILES string of the molecule is NC(CO)c1cc(Br)c2c(c1)CCC2. The molecule has 1 atom stereocenters. The lowest BCUT2D eigenvalue weighted by Gasteiger charge is -2.12. The van der Waals surface area contributed by atoms with Crippen molar-refractivity contribution in [3.63, 3.8) is 0 Å². The van der Waals surface area contributed by atoms with Gasteiger partial charge in [0.2, 0.25) is 0 Å². The van der Waals surface area contributed by atoms with E-state index in [2.05, 4.69) is 22.0 Å². The summed E-state index contributed by atoms with van der Waals surface area (Å²) in [6.07, 6.45) is 3.52. The van der Waals surface area contributed by atoms with Crippen molar-refractivity contribution in [2.24, 2.45) is 5.73 Å². The molecule has 0 saturated carbocycles. The fourth-order valence-electron chi connectivity index (χ4n) is 1.99. The monoisotopic (exact) mass is 255 g/mol. The summed E-state index contributed by atoms with van der Waals surface area (Å²) in [7, 11) is 0. The summed E-state index contributed by atoms with van der Waals surface area (Å²) in [4.78, 5) is 0. The Kier molecular flexibility index (Phi) is 2.91. The molecule has 0 bridgehead atoms. The highest BCUT2D eigenvalue weighted by Gasteiger charge is 2.16. The smallest absolute Gasteiger partial charge is 0.0624 e. The highest BCUT2D eigenvalue weighted by molar-refractivity contribution is 9.10. The van der Waals surface area contributed by atoms with E-state index in [1.807, 2.05) is 6.07 Å². The average molecular weight is 256 g/mol. The zero-order valence-corrected chi connectivity index (χ0v) is 9.55. The van der Waals surface area contributed by atoms with Crippen LogP contribution in [-0.2, 0) is 12.8 Å². The molecule has 14 heavy (non-hydrogen) atoms. The number of aryl methyl sites for hydroxylation is 1. The fraction of sp³-hybridized carbons (Fsp3) is 0.455. The van der Waals surface area contributed by atoms with Gasteiger partial charge in [-0.05, 0) is 42.0 Å². The van der Waals surface area contributed by atoms with Crippen molar-refractivity contribution < 1.29 is 5.11 Å². The van der Waals surface area contributed by atoms with E-state index in [-0.39, 0.29) is 12.6 Å². The van der Waals surface area contributed by atoms with Crippen LogP contribution in [0.2, 0.25) is 0 Å². The lowest BCUT2D eigenvalue weighted by atomic mass is 10.0. The number of hydrogen-bond donors (Lipinski definition) is 2. The normalized spacial score (nSPS) is 16.8. The summed E-state index contributed by atoms with van der Waals surface area (Å²) in [5, 5.41) is 8.99. The third-order valence-corrected chi connectivity index (χ3v) is 3.52. The standard InChI is InChI=1S/C11H14BrNO/c12-10-5-8(11(13)6-14)4-7-2-1-3-9(7)10/h4-5,11,14H,1-3,6,13H2. The second-order valence-electron chi connectivity index (χ2n) is 3.78. The molecule has 3 heteroatoms. The van der Waals surface area contributed by atoms with Gasteiger partial charge < -0.3 is 10.8 Å². The molecular weight excluding hydrogens is 242 g/mol. The van der Waals surface area contributed by atoms with Crippen LogP contribution in [0.3, 0.4) is 0 Å². The first kappa shape index (κ1) is 10.1. The molecule has 76 valence electrons. The molecule has 0 amide bonds. The Morgan fingerprint density at radius 2 is 2.21 bits per heavy atom. The van der Waals surface area contributed by atoms with Gasteiger partial charge in [-0.3, -0.25) is 0 Å². The lowest BCUT2D eigenvalue weighted by Crippen LogP contribution is -2.14. The Labute approximate surface area is 92.3 Å². The molecule has 1 aliphatic rings. The van der Waals surface area contributed by atoms with Gasteiger partial charge in [0, 0.05) is 4.47 Å². The molecule has 0 radical (unpaired) electrons. The second kappa shape index (κ2) is 4.01. The van der Waals surface area contributed by atoms with Gasteiger partial charge in [0.1, 0.15) is 0 Å². The van der Waals surface area contributed by atoms with Crippen molar-refractivity contribution >= 4 is 15.9 Å². The third kappa shape index (κ3) is 1.72. The zero-order chi connectivity index (χ0) is 10.1. The minimum atomic E-state index is -0.253. The van der Waals surface area contributed by atoms with Crippen molar-refractivity contribution in [2.75, 3.05) is 6.61 Å². The van der Waals surface area contributed by atoms with E-state index in [0.29, 0.717) is 0 Å². The van der Waals surface area contributed by atoms with Gasteiger partial charge in [0.05, 0.1) is 12.6 Å². The molecule has 1 aromatic carbocycles. The van der Waals surface area contributed by atoms with Gasteiger partial charge in [-0.25, -0.2) is 0 Å². The van der Waals surface area contributed by atoms with Crippen LogP contribution in [0.25, 0.3) is 0 Å². The van der Waals surface area contributed by atoms with Gasteiger partial charge >= 0.3 is 0 Å². The highest BCUT2D eigenvalue weighted by Crippen LogP contribution is 2.31. The van der Waals surface area contributed by atoms with Crippen LogP contribution in [0, 0.1) is 0 Å². The first-order chi connectivity index (χ1) is 6.72. The molecule has 3 N–H and O–H groups in total. The van der Waals surface area contributed by atoms with E-state index in [9.17, 15) is 0 Å². The number of nitrogens with two attached hydrogens (primary N) is 1. The van der Waals surface area contributed by atoms with Gasteiger partial charge in [-0.1, -0.05) is 22.0 Å². The summed E-state index contributed by atoms with van der Waals surface area (Å²) < 4.78 is 1.14. The predicted octanol–water partition coefficient (Wildman–Crippen LogP) is 1.93. The van der Waals surface area contributed by atoms with Gasteiger partial charge in [-0.15, -0.1) is 0 Å². The Hall–Kier alpha value is -0.380. The van der Waals surface area contributed by atoms with Crippen molar-refractivity contribution in [1.82, 2.24) is 0 Å². The number of halogens is 1. The molecule has 2 rings (SSSR count). The first-order valence-electron chi connectivity index (χ1n) is 4.90. The number of aliphatic hydroxyl groups excluding tert-OH is 1. The summed E-state index contributed by atoms with van der Waals surface area (Å²) in [6.45, 7) is 0.00519. The molecule has 1 aromatic rings. The first-order valence-corrected chi connectivity index (χ1v) is 5.69. The zero-order valence-electron chi connectivity index (χ0n) is 7.96. The summed E-state index contributed by atoms with van der Waals surface area (Å²) >= 11 is 3.56. The maximum Gasteiger partial charge on any atom is 0.0624 e. The van der Waals surface area contributed by atoms with E-state index in [0.717, 1.165) is 22.9 Å². The van der Waals surface area contributed by atoms with Gasteiger partial charge in [0.25, 0.3) is 0 Å². The van der Waals surface area contributed by atoms with Gasteiger partial charge in [0.15, 0.2) is 0 Å². The van der Waals surface area contributed by atoms with Crippen LogP contribution in [-0.4, -0.2) is 11.7 Å². The van der Waals surface area contributed by atoms with Gasteiger partial charge in [-0.2, -0.15) is 0 Å². The minimum Gasteiger partial charge on any atom is -0.394 e. The maximum atomic E-state index is 8.99. The molecule has 2 nitrogen and oxygen atoms in total. The van der Waals surface area contributed by atoms with Crippen LogP contribution in [0.1, 0.15) is 29.2 Å². The van der Waals surface area contributed by atoms with E-state index < -0.39 is 0 Å². The summed E-state index contributed by atoms with van der Waals surface area (Å²) in [5.74, 6) is 0. The van der Waals surface area contributed by atoms with E-state index >= 15 is 0 Å². The molecule has 0 aromatic heterocycles. The Morgan fingerprint density at radius 3 is 2.93 bits per heavy atom. The fourth-order valence-corrected chi connectivity index (χ4v) is 2.71. The van der Waals surface area contributed by atoms with Crippen molar-refractivity contribution in [1.29, 1.82) is 0 Å². The van der Waals surface area contributed by atoms with Crippen molar-refractivity contribution in [3.8, 4) is 0 Å². The average Bonchev–Trinajstić information content (AvgIpc) is 2.64. The van der Waals surface area contributed by atoms with Crippen molar-refractivity contribution in [2.45, 2.75) is 25.3 Å². The highest BCUT2D eigenvalue weighted by atomic mass is 79.9. The van der Waals surface area contributed by atoms with E-state index in [4.69, 9.17) is 10.8 Å². The third-order valence-electron chi connectivity index (χ3n) is 2.81. The Morgan fingerprint density at radius 1 is 1.43 bits per heavy atom. The molecule has 0 aliphatic heterocycles.